The molecule has 1 aromatic heterocycles. The van der Waals surface area contributed by atoms with E-state index in [0.29, 0.717) is 12.5 Å². The van der Waals surface area contributed by atoms with Crippen molar-refractivity contribution in [3.05, 3.63) is 47.8 Å². The minimum Gasteiger partial charge on any atom is -0.489 e. The fourth-order valence-electron chi connectivity index (χ4n) is 1.62. The van der Waals surface area contributed by atoms with Crippen LogP contribution in [0.5, 0.6) is 5.75 Å². The van der Waals surface area contributed by atoms with Gasteiger partial charge in [0.2, 0.25) is 0 Å². The molecule has 1 heterocycles. The van der Waals surface area contributed by atoms with Crippen LogP contribution in [0, 0.1) is 11.8 Å². The van der Waals surface area contributed by atoms with Crippen LogP contribution in [-0.4, -0.2) is 15.7 Å². The molecular weight excluding hydrogens is 260 g/mol. The quantitative estimate of drug-likeness (QED) is 0.633. The van der Waals surface area contributed by atoms with Gasteiger partial charge in [-0.25, -0.2) is 0 Å². The second-order valence-electron chi connectivity index (χ2n) is 3.96. The van der Waals surface area contributed by atoms with E-state index in [1.807, 2.05) is 41.3 Å². The van der Waals surface area contributed by atoms with E-state index < -0.39 is 0 Å². The third kappa shape index (κ3) is 4.04. The number of hydrogen-bond donors (Lipinski definition) is 0. The zero-order chi connectivity index (χ0) is 13.5. The molecule has 98 valence electrons. The molecule has 2 aromatic rings. The summed E-state index contributed by atoms with van der Waals surface area (Å²) in [7, 11) is 0. The van der Waals surface area contributed by atoms with Crippen molar-refractivity contribution in [3.8, 4) is 17.6 Å². The third-order valence-electron chi connectivity index (χ3n) is 2.55. The van der Waals surface area contributed by atoms with Crippen LogP contribution in [0.25, 0.3) is 0 Å². The average molecular weight is 275 g/mol. The summed E-state index contributed by atoms with van der Waals surface area (Å²) in [4.78, 5) is 0. The van der Waals surface area contributed by atoms with Gasteiger partial charge in [-0.05, 0) is 25.1 Å². The predicted molar refractivity (Wildman–Crippen MR) is 76.3 cm³/mol. The lowest BCUT2D eigenvalue weighted by Gasteiger charge is -2.04. The summed E-state index contributed by atoms with van der Waals surface area (Å²) >= 11 is 5.53. The molecule has 0 aliphatic heterocycles. The zero-order valence-corrected chi connectivity index (χ0v) is 11.5. The van der Waals surface area contributed by atoms with Gasteiger partial charge in [0.25, 0.3) is 0 Å². The average Bonchev–Trinajstić information content (AvgIpc) is 2.91. The summed E-state index contributed by atoms with van der Waals surface area (Å²) in [6.07, 6.45) is 3.80. The van der Waals surface area contributed by atoms with Gasteiger partial charge in [0, 0.05) is 23.9 Å². The number of alkyl halides is 1. The highest BCUT2D eigenvalue weighted by atomic mass is 35.5. The van der Waals surface area contributed by atoms with Crippen LogP contribution < -0.4 is 4.74 Å². The summed E-state index contributed by atoms with van der Waals surface area (Å²) < 4.78 is 7.59. The van der Waals surface area contributed by atoms with Crippen LogP contribution in [0.2, 0.25) is 0 Å². The SMILES string of the molecule is CCn1cc(COc2cccc(C#CCCl)c2)cn1. The lowest BCUT2D eigenvalue weighted by molar-refractivity contribution is 0.306. The zero-order valence-electron chi connectivity index (χ0n) is 10.8. The van der Waals surface area contributed by atoms with E-state index in [9.17, 15) is 0 Å². The molecule has 19 heavy (non-hydrogen) atoms. The van der Waals surface area contributed by atoms with Crippen molar-refractivity contribution in [2.75, 3.05) is 5.88 Å². The Labute approximate surface area is 118 Å². The molecule has 0 amide bonds. The Kier molecular flexibility index (Phi) is 4.88. The molecular formula is C15H15ClN2O. The molecule has 0 saturated carbocycles. The standard InChI is InChI=1S/C15H15ClN2O/c1-2-18-11-14(10-17-18)12-19-15-7-3-5-13(9-15)6-4-8-16/h3,5,7,9-11H,2,8,12H2,1H3. The number of benzene rings is 1. The lowest BCUT2D eigenvalue weighted by atomic mass is 10.2. The summed E-state index contributed by atoms with van der Waals surface area (Å²) in [5.74, 6) is 6.92. The van der Waals surface area contributed by atoms with E-state index in [0.717, 1.165) is 23.4 Å². The Balaban J connectivity index is 1.99. The van der Waals surface area contributed by atoms with Crippen LogP contribution in [-0.2, 0) is 13.2 Å². The normalized spacial score (nSPS) is 9.79. The van der Waals surface area contributed by atoms with Crippen molar-refractivity contribution in [3.63, 3.8) is 0 Å². The van der Waals surface area contributed by atoms with Crippen LogP contribution in [0.4, 0.5) is 0 Å². The van der Waals surface area contributed by atoms with Gasteiger partial charge < -0.3 is 4.74 Å². The monoisotopic (exact) mass is 274 g/mol. The molecule has 0 radical (unpaired) electrons. The van der Waals surface area contributed by atoms with Gasteiger partial charge in [0.05, 0.1) is 12.1 Å². The Morgan fingerprint density at radius 2 is 2.32 bits per heavy atom. The van der Waals surface area contributed by atoms with Crippen molar-refractivity contribution in [2.45, 2.75) is 20.1 Å². The van der Waals surface area contributed by atoms with E-state index in [2.05, 4.69) is 23.9 Å². The predicted octanol–water partition coefficient (Wildman–Crippen LogP) is 3.07. The molecule has 0 saturated heterocycles. The van der Waals surface area contributed by atoms with E-state index in [1.165, 1.54) is 0 Å². The molecule has 2 rings (SSSR count). The highest BCUT2D eigenvalue weighted by Gasteiger charge is 1.99. The largest absolute Gasteiger partial charge is 0.489 e. The Morgan fingerprint density at radius 3 is 3.05 bits per heavy atom. The smallest absolute Gasteiger partial charge is 0.121 e. The first-order valence-electron chi connectivity index (χ1n) is 6.11. The minimum atomic E-state index is 0.335. The van der Waals surface area contributed by atoms with Crippen molar-refractivity contribution in [2.24, 2.45) is 0 Å². The highest BCUT2D eigenvalue weighted by molar-refractivity contribution is 6.19. The molecule has 0 atom stereocenters. The second-order valence-corrected chi connectivity index (χ2v) is 4.22. The number of nitrogens with zero attached hydrogens (tertiary/aromatic N) is 2. The Bertz CT molecular complexity index is 595. The first kappa shape index (κ1) is 13.5. The molecule has 4 heteroatoms. The van der Waals surface area contributed by atoms with Gasteiger partial charge in [-0.2, -0.15) is 5.10 Å². The maximum atomic E-state index is 5.72. The molecule has 1 aromatic carbocycles. The Hall–Kier alpha value is -1.92. The van der Waals surface area contributed by atoms with Gasteiger partial charge >= 0.3 is 0 Å². The lowest BCUT2D eigenvalue weighted by Crippen LogP contribution is -1.95. The fourth-order valence-corrected chi connectivity index (χ4v) is 1.69. The van der Waals surface area contributed by atoms with E-state index in [4.69, 9.17) is 16.3 Å². The number of aromatic nitrogens is 2. The molecule has 0 spiro atoms. The summed E-state index contributed by atoms with van der Waals surface area (Å²) in [6.45, 7) is 3.42. The second kappa shape index (κ2) is 6.86. The molecule has 0 aliphatic carbocycles. The molecule has 0 bridgehead atoms. The highest BCUT2D eigenvalue weighted by Crippen LogP contribution is 2.14. The van der Waals surface area contributed by atoms with Crippen molar-refractivity contribution in [1.29, 1.82) is 0 Å². The molecule has 0 aliphatic rings. The number of rotatable bonds is 4. The maximum Gasteiger partial charge on any atom is 0.121 e. The van der Waals surface area contributed by atoms with Crippen LogP contribution in [0.3, 0.4) is 0 Å². The number of halogens is 1. The summed E-state index contributed by atoms with van der Waals surface area (Å²) in [5.41, 5.74) is 1.96. The van der Waals surface area contributed by atoms with E-state index in [-0.39, 0.29) is 0 Å². The maximum absolute atomic E-state index is 5.72. The van der Waals surface area contributed by atoms with Gasteiger partial charge in [-0.3, -0.25) is 4.68 Å². The van der Waals surface area contributed by atoms with Crippen molar-refractivity contribution >= 4 is 11.6 Å². The first-order valence-corrected chi connectivity index (χ1v) is 6.64. The Morgan fingerprint density at radius 1 is 1.42 bits per heavy atom. The molecule has 0 fully saturated rings. The van der Waals surface area contributed by atoms with E-state index >= 15 is 0 Å². The summed E-state index contributed by atoms with van der Waals surface area (Å²) in [5, 5.41) is 4.20. The topological polar surface area (TPSA) is 27.1 Å². The van der Waals surface area contributed by atoms with Crippen LogP contribution >= 0.6 is 11.6 Å². The number of aryl methyl sites for hydroxylation is 1. The number of ether oxygens (including phenoxy) is 1. The van der Waals surface area contributed by atoms with Crippen molar-refractivity contribution in [1.82, 2.24) is 9.78 Å². The summed E-state index contributed by atoms with van der Waals surface area (Å²) in [6, 6.07) is 7.67. The minimum absolute atomic E-state index is 0.335. The molecule has 0 unspecified atom stereocenters. The van der Waals surface area contributed by atoms with Gasteiger partial charge in [-0.15, -0.1) is 11.6 Å². The van der Waals surface area contributed by atoms with Gasteiger partial charge in [-0.1, -0.05) is 17.9 Å². The molecule has 0 N–H and O–H groups in total. The first-order chi connectivity index (χ1) is 9.31. The molecule has 3 nitrogen and oxygen atoms in total. The number of hydrogen-bond acceptors (Lipinski definition) is 2. The van der Waals surface area contributed by atoms with E-state index in [1.54, 1.807) is 0 Å². The van der Waals surface area contributed by atoms with Gasteiger partial charge in [0.15, 0.2) is 0 Å². The van der Waals surface area contributed by atoms with Crippen molar-refractivity contribution < 1.29 is 4.74 Å². The van der Waals surface area contributed by atoms with Crippen LogP contribution in [0.1, 0.15) is 18.1 Å². The van der Waals surface area contributed by atoms with Crippen LogP contribution in [0.15, 0.2) is 36.7 Å². The van der Waals surface area contributed by atoms with Gasteiger partial charge in [0.1, 0.15) is 12.4 Å². The fraction of sp³-hybridized carbons (Fsp3) is 0.267. The third-order valence-corrected chi connectivity index (χ3v) is 2.68.